The van der Waals surface area contributed by atoms with Gasteiger partial charge in [0.05, 0.1) is 12.2 Å². The lowest BCUT2D eigenvalue weighted by Crippen LogP contribution is -2.43. The van der Waals surface area contributed by atoms with Crippen molar-refractivity contribution in [2.75, 3.05) is 26.2 Å². The first-order chi connectivity index (χ1) is 8.78. The van der Waals surface area contributed by atoms with Crippen molar-refractivity contribution in [1.82, 2.24) is 25.2 Å². The van der Waals surface area contributed by atoms with Crippen molar-refractivity contribution in [3.05, 3.63) is 11.9 Å². The van der Waals surface area contributed by atoms with Crippen LogP contribution in [0.1, 0.15) is 36.3 Å². The van der Waals surface area contributed by atoms with Crippen LogP contribution >= 0.6 is 0 Å². The number of hydrogen-bond acceptors (Lipinski definition) is 4. The second-order valence-electron chi connectivity index (χ2n) is 5.21. The number of hydrogen-bond donors (Lipinski definition) is 1. The summed E-state index contributed by atoms with van der Waals surface area (Å²) in [6.45, 7) is 5.73. The minimum atomic E-state index is 0.0319. The van der Waals surface area contributed by atoms with Crippen LogP contribution in [0.3, 0.4) is 0 Å². The van der Waals surface area contributed by atoms with Gasteiger partial charge >= 0.3 is 0 Å². The maximum Gasteiger partial charge on any atom is 0.276 e. The van der Waals surface area contributed by atoms with Crippen LogP contribution in [0.15, 0.2) is 6.20 Å². The molecule has 2 aliphatic rings. The molecule has 1 atom stereocenters. The van der Waals surface area contributed by atoms with E-state index < -0.39 is 0 Å². The van der Waals surface area contributed by atoms with E-state index in [4.69, 9.17) is 0 Å². The van der Waals surface area contributed by atoms with E-state index in [9.17, 15) is 4.79 Å². The van der Waals surface area contributed by atoms with Crippen molar-refractivity contribution < 1.29 is 4.79 Å². The SMILES string of the molecule is CCC1CCN(C(=O)c2cn(C3CNC3)nn2)C1. The van der Waals surface area contributed by atoms with Gasteiger partial charge in [-0.15, -0.1) is 5.10 Å². The van der Waals surface area contributed by atoms with E-state index in [1.54, 1.807) is 10.9 Å². The third kappa shape index (κ3) is 2.01. The average Bonchev–Trinajstić information content (AvgIpc) is 2.94. The van der Waals surface area contributed by atoms with Gasteiger partial charge in [0.15, 0.2) is 5.69 Å². The molecule has 1 amide bonds. The molecule has 0 spiro atoms. The molecule has 1 aromatic heterocycles. The van der Waals surface area contributed by atoms with Gasteiger partial charge in [0.2, 0.25) is 0 Å². The topological polar surface area (TPSA) is 63.1 Å². The van der Waals surface area contributed by atoms with E-state index in [1.165, 1.54) is 0 Å². The van der Waals surface area contributed by atoms with Gasteiger partial charge in [-0.25, -0.2) is 4.68 Å². The molecule has 0 aliphatic carbocycles. The summed E-state index contributed by atoms with van der Waals surface area (Å²) >= 11 is 0. The number of rotatable bonds is 3. The maximum absolute atomic E-state index is 12.2. The van der Waals surface area contributed by atoms with Gasteiger partial charge in [-0.3, -0.25) is 4.79 Å². The molecule has 1 unspecified atom stereocenters. The van der Waals surface area contributed by atoms with Gasteiger partial charge in [-0.05, 0) is 12.3 Å². The lowest BCUT2D eigenvalue weighted by molar-refractivity contribution is 0.0781. The maximum atomic E-state index is 12.2. The summed E-state index contributed by atoms with van der Waals surface area (Å²) in [6, 6.07) is 0.362. The predicted octanol–water partition coefficient (Wildman–Crippen LogP) is 0.295. The highest BCUT2D eigenvalue weighted by Crippen LogP contribution is 2.20. The number of aromatic nitrogens is 3. The van der Waals surface area contributed by atoms with Crippen LogP contribution in [0.2, 0.25) is 0 Å². The van der Waals surface area contributed by atoms with E-state index in [0.717, 1.165) is 39.0 Å². The number of nitrogens with zero attached hydrogens (tertiary/aromatic N) is 4. The summed E-state index contributed by atoms with van der Waals surface area (Å²) in [6.07, 6.45) is 4.04. The molecule has 0 aromatic carbocycles. The standard InChI is InChI=1S/C12H19N5O/c1-2-9-3-4-16(7-9)12(18)11-8-17(15-14-11)10-5-13-6-10/h8-10,13H,2-7H2,1H3. The number of nitrogens with one attached hydrogen (secondary N) is 1. The molecule has 0 bridgehead atoms. The zero-order valence-electron chi connectivity index (χ0n) is 10.7. The Labute approximate surface area is 106 Å². The largest absolute Gasteiger partial charge is 0.337 e. The number of carbonyl (C=O) groups is 1. The molecule has 6 heteroatoms. The van der Waals surface area contributed by atoms with Crippen LogP contribution in [-0.4, -0.2) is 52.0 Å². The summed E-state index contributed by atoms with van der Waals surface area (Å²) in [5.41, 5.74) is 0.485. The first-order valence-corrected chi connectivity index (χ1v) is 6.69. The second kappa shape index (κ2) is 4.68. The summed E-state index contributed by atoms with van der Waals surface area (Å²) in [5, 5.41) is 11.2. The molecule has 2 saturated heterocycles. The van der Waals surface area contributed by atoms with Crippen LogP contribution < -0.4 is 5.32 Å². The van der Waals surface area contributed by atoms with Crippen molar-refractivity contribution in [2.24, 2.45) is 5.92 Å². The molecule has 0 saturated carbocycles. The minimum absolute atomic E-state index is 0.0319. The molecule has 1 aromatic rings. The zero-order valence-corrected chi connectivity index (χ0v) is 10.7. The Morgan fingerprint density at radius 3 is 3.00 bits per heavy atom. The van der Waals surface area contributed by atoms with Gasteiger partial charge < -0.3 is 10.2 Å². The van der Waals surface area contributed by atoms with Gasteiger partial charge in [-0.1, -0.05) is 18.6 Å². The molecule has 0 radical (unpaired) electrons. The van der Waals surface area contributed by atoms with E-state index in [0.29, 0.717) is 17.7 Å². The number of amides is 1. The first-order valence-electron chi connectivity index (χ1n) is 6.69. The molecule has 3 rings (SSSR count). The third-order valence-electron chi connectivity index (χ3n) is 4.01. The van der Waals surface area contributed by atoms with E-state index in [1.807, 2.05) is 4.90 Å². The quantitative estimate of drug-likeness (QED) is 0.836. The summed E-state index contributed by atoms with van der Waals surface area (Å²) in [7, 11) is 0. The Bertz CT molecular complexity index is 439. The van der Waals surface area contributed by atoms with Crippen molar-refractivity contribution in [3.63, 3.8) is 0 Å². The normalized spacial score (nSPS) is 24.3. The molecule has 3 heterocycles. The summed E-state index contributed by atoms with van der Waals surface area (Å²) in [4.78, 5) is 14.1. The van der Waals surface area contributed by atoms with E-state index in [2.05, 4.69) is 22.6 Å². The average molecular weight is 249 g/mol. The summed E-state index contributed by atoms with van der Waals surface area (Å²) in [5.74, 6) is 0.685. The van der Waals surface area contributed by atoms with Crippen LogP contribution in [-0.2, 0) is 0 Å². The van der Waals surface area contributed by atoms with Crippen molar-refractivity contribution in [3.8, 4) is 0 Å². The Balaban J connectivity index is 1.66. The molecule has 98 valence electrons. The molecule has 6 nitrogen and oxygen atoms in total. The molecule has 18 heavy (non-hydrogen) atoms. The fraction of sp³-hybridized carbons (Fsp3) is 0.750. The monoisotopic (exact) mass is 249 g/mol. The van der Waals surface area contributed by atoms with Crippen LogP contribution in [0.5, 0.6) is 0 Å². The molecule has 2 fully saturated rings. The summed E-state index contributed by atoms with van der Waals surface area (Å²) < 4.78 is 1.80. The van der Waals surface area contributed by atoms with Crippen molar-refractivity contribution in [2.45, 2.75) is 25.8 Å². The Morgan fingerprint density at radius 1 is 1.56 bits per heavy atom. The lowest BCUT2D eigenvalue weighted by atomic mass is 10.1. The van der Waals surface area contributed by atoms with Crippen LogP contribution in [0, 0.1) is 5.92 Å². The Hall–Kier alpha value is -1.43. The van der Waals surface area contributed by atoms with Crippen molar-refractivity contribution >= 4 is 5.91 Å². The Kier molecular flexibility index (Phi) is 3.03. The zero-order chi connectivity index (χ0) is 12.5. The van der Waals surface area contributed by atoms with Gasteiger partial charge in [0.25, 0.3) is 5.91 Å². The van der Waals surface area contributed by atoms with E-state index >= 15 is 0 Å². The second-order valence-corrected chi connectivity index (χ2v) is 5.21. The molecular formula is C12H19N5O. The Morgan fingerprint density at radius 2 is 2.39 bits per heavy atom. The van der Waals surface area contributed by atoms with Crippen LogP contribution in [0.4, 0.5) is 0 Å². The minimum Gasteiger partial charge on any atom is -0.337 e. The molecule has 1 N–H and O–H groups in total. The lowest BCUT2D eigenvalue weighted by Gasteiger charge is -2.26. The highest BCUT2D eigenvalue weighted by Gasteiger charge is 2.28. The van der Waals surface area contributed by atoms with Gasteiger partial charge in [-0.2, -0.15) is 0 Å². The van der Waals surface area contributed by atoms with Crippen LogP contribution in [0.25, 0.3) is 0 Å². The fourth-order valence-electron chi connectivity index (χ4n) is 2.53. The highest BCUT2D eigenvalue weighted by atomic mass is 16.2. The number of likely N-dealkylation sites (tertiary alicyclic amines) is 1. The number of carbonyl (C=O) groups excluding carboxylic acids is 1. The highest BCUT2D eigenvalue weighted by molar-refractivity contribution is 5.92. The smallest absolute Gasteiger partial charge is 0.276 e. The fourth-order valence-corrected chi connectivity index (χ4v) is 2.53. The van der Waals surface area contributed by atoms with E-state index in [-0.39, 0.29) is 5.91 Å². The van der Waals surface area contributed by atoms with Crippen molar-refractivity contribution in [1.29, 1.82) is 0 Å². The molecular weight excluding hydrogens is 230 g/mol. The van der Waals surface area contributed by atoms with Gasteiger partial charge in [0, 0.05) is 26.2 Å². The van der Waals surface area contributed by atoms with Gasteiger partial charge in [0.1, 0.15) is 0 Å². The predicted molar refractivity (Wildman–Crippen MR) is 66.2 cm³/mol. The molecule has 2 aliphatic heterocycles. The third-order valence-corrected chi connectivity index (χ3v) is 4.01. The first kappa shape index (κ1) is 11.6.